The Morgan fingerprint density at radius 1 is 0.923 bits per heavy atom. The summed E-state index contributed by atoms with van der Waals surface area (Å²) in [6, 6.07) is 0. The van der Waals surface area contributed by atoms with Crippen LogP contribution in [0.1, 0.15) is 59.3 Å². The molecule has 0 unspecified atom stereocenters. The average molecular weight is 182 g/mol. The third-order valence-corrected chi connectivity index (χ3v) is 4.92. The molecular formula is C12H22O. The topological polar surface area (TPSA) is 20.2 Å². The van der Waals surface area contributed by atoms with E-state index in [-0.39, 0.29) is 5.41 Å². The van der Waals surface area contributed by atoms with Gasteiger partial charge in [-0.1, -0.05) is 6.92 Å². The quantitative estimate of drug-likeness (QED) is 0.660. The third kappa shape index (κ3) is 1.32. The van der Waals surface area contributed by atoms with Crippen LogP contribution < -0.4 is 0 Å². The second kappa shape index (κ2) is 2.50. The van der Waals surface area contributed by atoms with Gasteiger partial charge in [-0.25, -0.2) is 0 Å². The Kier molecular flexibility index (Phi) is 1.83. The van der Waals surface area contributed by atoms with E-state index >= 15 is 0 Å². The molecule has 3 aliphatic rings. The average Bonchev–Trinajstić information content (AvgIpc) is 2.04. The largest absolute Gasteiger partial charge is 0.390 e. The van der Waals surface area contributed by atoms with E-state index in [0.29, 0.717) is 5.41 Å². The highest BCUT2D eigenvalue weighted by atomic mass is 16.3. The van der Waals surface area contributed by atoms with Crippen molar-refractivity contribution in [2.75, 3.05) is 0 Å². The van der Waals surface area contributed by atoms with E-state index in [1.165, 1.54) is 38.5 Å². The minimum atomic E-state index is -0.464. The molecule has 1 heteroatoms. The summed E-state index contributed by atoms with van der Waals surface area (Å²) in [6.07, 6.45) is 7.72. The van der Waals surface area contributed by atoms with E-state index in [1.807, 2.05) is 13.8 Å². The molecule has 1 nitrogen and oxygen atoms in total. The maximum absolute atomic E-state index is 10.2. The maximum Gasteiger partial charge on any atom is 0.0647 e. The molecule has 3 rings (SSSR count). The van der Waals surface area contributed by atoms with E-state index in [9.17, 15) is 5.11 Å². The van der Waals surface area contributed by atoms with Gasteiger partial charge in [0.15, 0.2) is 0 Å². The highest BCUT2D eigenvalue weighted by molar-refractivity contribution is 5.04. The number of rotatable bonds is 1. The molecule has 1 N–H and O–H groups in total. The van der Waals surface area contributed by atoms with Gasteiger partial charge in [-0.2, -0.15) is 0 Å². The Balaban J connectivity index is 2.20. The van der Waals surface area contributed by atoms with Gasteiger partial charge in [-0.15, -0.1) is 0 Å². The van der Waals surface area contributed by atoms with E-state index in [2.05, 4.69) is 6.92 Å². The summed E-state index contributed by atoms with van der Waals surface area (Å²) in [6.45, 7) is 6.42. The van der Waals surface area contributed by atoms with Gasteiger partial charge in [0.05, 0.1) is 5.60 Å². The van der Waals surface area contributed by atoms with Crippen molar-refractivity contribution < 1.29 is 5.11 Å². The van der Waals surface area contributed by atoms with Crippen molar-refractivity contribution >= 4 is 0 Å². The van der Waals surface area contributed by atoms with Crippen molar-refractivity contribution in [3.8, 4) is 0 Å². The maximum atomic E-state index is 10.2. The molecule has 0 amide bonds. The highest BCUT2D eigenvalue weighted by Crippen LogP contribution is 2.60. The van der Waals surface area contributed by atoms with Gasteiger partial charge in [-0.3, -0.25) is 0 Å². The molecule has 2 bridgehead atoms. The highest BCUT2D eigenvalue weighted by Gasteiger charge is 2.52. The molecule has 76 valence electrons. The first-order chi connectivity index (χ1) is 5.87. The first-order valence-electron chi connectivity index (χ1n) is 5.59. The molecule has 0 aromatic heterocycles. The lowest BCUT2D eigenvalue weighted by Gasteiger charge is -2.57. The smallest absolute Gasteiger partial charge is 0.0647 e. The standard InChI is InChI=1S/C12H22O/c1-10(2,13)12-7-4-11(3,5-8-12)6-9-12/h13H,4-9H2,1-3H3. The molecule has 3 fully saturated rings. The summed E-state index contributed by atoms with van der Waals surface area (Å²) in [7, 11) is 0. The fourth-order valence-electron chi connectivity index (χ4n) is 3.29. The third-order valence-electron chi connectivity index (χ3n) is 4.92. The normalized spacial score (nSPS) is 45.2. The summed E-state index contributed by atoms with van der Waals surface area (Å²) in [5.74, 6) is 0. The summed E-state index contributed by atoms with van der Waals surface area (Å²) in [4.78, 5) is 0. The van der Waals surface area contributed by atoms with Crippen molar-refractivity contribution in [2.24, 2.45) is 10.8 Å². The fourth-order valence-corrected chi connectivity index (χ4v) is 3.29. The number of hydrogen-bond acceptors (Lipinski definition) is 1. The number of aliphatic hydroxyl groups is 1. The minimum absolute atomic E-state index is 0.255. The first kappa shape index (κ1) is 9.51. The SMILES string of the molecule is CC12CCC(C(C)(C)O)(CC1)CC2. The minimum Gasteiger partial charge on any atom is -0.390 e. The van der Waals surface area contributed by atoms with Crippen LogP contribution in [-0.4, -0.2) is 10.7 Å². The molecule has 13 heavy (non-hydrogen) atoms. The molecule has 0 atom stereocenters. The lowest BCUT2D eigenvalue weighted by molar-refractivity contribution is -0.132. The molecule has 0 aromatic rings. The fraction of sp³-hybridized carbons (Fsp3) is 1.00. The van der Waals surface area contributed by atoms with Crippen molar-refractivity contribution in [3.63, 3.8) is 0 Å². The zero-order chi connectivity index (χ0) is 9.74. The van der Waals surface area contributed by atoms with E-state index in [1.54, 1.807) is 0 Å². The lowest BCUT2D eigenvalue weighted by Crippen LogP contribution is -2.51. The predicted octanol–water partition coefficient (Wildman–Crippen LogP) is 3.12. The Morgan fingerprint density at radius 2 is 1.31 bits per heavy atom. The van der Waals surface area contributed by atoms with Gasteiger partial charge in [0, 0.05) is 0 Å². The van der Waals surface area contributed by atoms with Gasteiger partial charge in [-0.05, 0) is 63.2 Å². The van der Waals surface area contributed by atoms with Gasteiger partial charge in [0.1, 0.15) is 0 Å². The van der Waals surface area contributed by atoms with Gasteiger partial charge >= 0.3 is 0 Å². The Labute approximate surface area is 81.5 Å². The number of fused-ring (bicyclic) bond motifs is 3. The Hall–Kier alpha value is -0.0400. The van der Waals surface area contributed by atoms with E-state index in [4.69, 9.17) is 0 Å². The number of hydrogen-bond donors (Lipinski definition) is 1. The van der Waals surface area contributed by atoms with Crippen LogP contribution >= 0.6 is 0 Å². The van der Waals surface area contributed by atoms with Crippen LogP contribution in [0, 0.1) is 10.8 Å². The van der Waals surface area contributed by atoms with E-state index < -0.39 is 5.60 Å². The van der Waals surface area contributed by atoms with Gasteiger partial charge < -0.3 is 5.11 Å². The van der Waals surface area contributed by atoms with Crippen molar-refractivity contribution in [1.82, 2.24) is 0 Å². The Bertz CT molecular complexity index is 187. The monoisotopic (exact) mass is 182 g/mol. The molecule has 0 aromatic carbocycles. The van der Waals surface area contributed by atoms with Gasteiger partial charge in [0.25, 0.3) is 0 Å². The molecule has 0 heterocycles. The molecular weight excluding hydrogens is 160 g/mol. The summed E-state index contributed by atoms with van der Waals surface area (Å²) < 4.78 is 0. The Morgan fingerprint density at radius 3 is 1.62 bits per heavy atom. The van der Waals surface area contributed by atoms with Crippen LogP contribution in [0.15, 0.2) is 0 Å². The molecule has 3 aliphatic carbocycles. The van der Waals surface area contributed by atoms with E-state index in [0.717, 1.165) is 0 Å². The van der Waals surface area contributed by atoms with Crippen molar-refractivity contribution in [1.29, 1.82) is 0 Å². The molecule has 0 spiro atoms. The zero-order valence-corrected chi connectivity index (χ0v) is 9.19. The summed E-state index contributed by atoms with van der Waals surface area (Å²) >= 11 is 0. The van der Waals surface area contributed by atoms with Crippen molar-refractivity contribution in [2.45, 2.75) is 64.9 Å². The predicted molar refractivity (Wildman–Crippen MR) is 54.5 cm³/mol. The van der Waals surface area contributed by atoms with Gasteiger partial charge in [0.2, 0.25) is 0 Å². The second-order valence-corrected chi connectivity index (χ2v) is 6.15. The summed E-state index contributed by atoms with van der Waals surface area (Å²) in [5, 5.41) is 10.2. The molecule has 0 radical (unpaired) electrons. The molecule has 3 saturated carbocycles. The van der Waals surface area contributed by atoms with Crippen LogP contribution in [-0.2, 0) is 0 Å². The van der Waals surface area contributed by atoms with Crippen LogP contribution in [0.5, 0.6) is 0 Å². The van der Waals surface area contributed by atoms with Crippen LogP contribution in [0.3, 0.4) is 0 Å². The lowest BCUT2D eigenvalue weighted by atomic mass is 9.50. The second-order valence-electron chi connectivity index (χ2n) is 6.15. The van der Waals surface area contributed by atoms with Crippen LogP contribution in [0.4, 0.5) is 0 Å². The van der Waals surface area contributed by atoms with Crippen molar-refractivity contribution in [3.05, 3.63) is 0 Å². The van der Waals surface area contributed by atoms with Crippen LogP contribution in [0.25, 0.3) is 0 Å². The zero-order valence-electron chi connectivity index (χ0n) is 9.19. The van der Waals surface area contributed by atoms with Crippen LogP contribution in [0.2, 0.25) is 0 Å². The first-order valence-corrected chi connectivity index (χ1v) is 5.59. The summed E-state index contributed by atoms with van der Waals surface area (Å²) in [5.41, 5.74) is 0.409. The molecule has 0 saturated heterocycles. The molecule has 0 aliphatic heterocycles.